The monoisotopic (exact) mass is 238 g/mol. The van der Waals surface area contributed by atoms with Gasteiger partial charge in [-0.3, -0.25) is 0 Å². The van der Waals surface area contributed by atoms with Gasteiger partial charge in [0.15, 0.2) is 0 Å². The van der Waals surface area contributed by atoms with E-state index >= 15 is 0 Å². The summed E-state index contributed by atoms with van der Waals surface area (Å²) in [5.41, 5.74) is 0.230. The molecule has 2 aliphatic rings. The van der Waals surface area contributed by atoms with Crippen LogP contribution in [0.1, 0.15) is 53.4 Å². The number of epoxide rings is 1. The summed E-state index contributed by atoms with van der Waals surface area (Å²) in [4.78, 5) is 0. The molecule has 98 valence electrons. The molecule has 0 saturated carbocycles. The molecule has 2 nitrogen and oxygen atoms in total. The molecule has 1 fully saturated rings. The molecule has 0 bridgehead atoms. The molecule has 0 spiro atoms. The first-order valence-corrected chi connectivity index (χ1v) is 6.86. The molecule has 1 heterocycles. The fraction of sp³-hybridized carbons (Fsp3) is 0.867. The molecule has 1 saturated heterocycles. The third kappa shape index (κ3) is 3.11. The number of rotatable bonds is 0. The third-order valence-corrected chi connectivity index (χ3v) is 4.42. The third-order valence-electron chi connectivity index (χ3n) is 4.42. The minimum atomic E-state index is -0.192. The van der Waals surface area contributed by atoms with Gasteiger partial charge in [-0.2, -0.15) is 0 Å². The highest BCUT2D eigenvalue weighted by molar-refractivity contribution is 5.06. The largest absolute Gasteiger partial charge is 0.393 e. The van der Waals surface area contributed by atoms with Crippen LogP contribution in [0, 0.1) is 11.3 Å². The maximum absolute atomic E-state index is 10.1. The Morgan fingerprint density at radius 2 is 2.00 bits per heavy atom. The molecule has 4 unspecified atom stereocenters. The van der Waals surface area contributed by atoms with Gasteiger partial charge in [-0.25, -0.2) is 0 Å². The van der Waals surface area contributed by atoms with Gasteiger partial charge in [0.2, 0.25) is 0 Å². The summed E-state index contributed by atoms with van der Waals surface area (Å²) in [6.45, 7) is 8.86. The lowest BCUT2D eigenvalue weighted by molar-refractivity contribution is 0.0979. The molecule has 0 aromatic carbocycles. The minimum absolute atomic E-state index is 0.0240. The van der Waals surface area contributed by atoms with Crippen LogP contribution in [0.3, 0.4) is 0 Å². The van der Waals surface area contributed by atoms with E-state index in [0.717, 1.165) is 25.7 Å². The first kappa shape index (κ1) is 13.1. The van der Waals surface area contributed by atoms with Crippen molar-refractivity contribution in [1.29, 1.82) is 0 Å². The summed E-state index contributed by atoms with van der Waals surface area (Å²) in [7, 11) is 0. The molecule has 2 rings (SSSR count). The standard InChI is InChI=1S/C15H26O2/c1-11-6-5-8-14(2,3)10-13-15(4,17-13)9-7-12(11)16/h5,8,11-13,16H,6-7,9-10H2,1-4H3/b8-5+. The summed E-state index contributed by atoms with van der Waals surface area (Å²) in [5, 5.41) is 10.1. The number of hydrogen-bond acceptors (Lipinski definition) is 2. The van der Waals surface area contributed by atoms with Gasteiger partial charge < -0.3 is 9.84 Å². The Kier molecular flexibility index (Phi) is 3.39. The molecule has 0 radical (unpaired) electrons. The van der Waals surface area contributed by atoms with Crippen molar-refractivity contribution in [3.05, 3.63) is 12.2 Å². The second-order valence-corrected chi connectivity index (χ2v) is 6.83. The first-order chi connectivity index (χ1) is 7.82. The van der Waals surface area contributed by atoms with Crippen molar-refractivity contribution < 1.29 is 9.84 Å². The normalized spacial score (nSPS) is 47.7. The molecule has 1 aliphatic carbocycles. The van der Waals surface area contributed by atoms with Crippen molar-refractivity contribution >= 4 is 0 Å². The maximum atomic E-state index is 10.1. The molecule has 1 N–H and O–H groups in total. The number of aliphatic hydroxyl groups excluding tert-OH is 1. The van der Waals surface area contributed by atoms with E-state index in [0.29, 0.717) is 12.0 Å². The Bertz CT molecular complexity index is 308. The van der Waals surface area contributed by atoms with E-state index in [1.165, 1.54) is 0 Å². The molecular formula is C15H26O2. The second-order valence-electron chi connectivity index (χ2n) is 6.83. The van der Waals surface area contributed by atoms with Gasteiger partial charge >= 0.3 is 0 Å². The van der Waals surface area contributed by atoms with Gasteiger partial charge in [0, 0.05) is 0 Å². The predicted octanol–water partition coefficient (Wildman–Crippen LogP) is 3.30. The van der Waals surface area contributed by atoms with Crippen molar-refractivity contribution in [1.82, 2.24) is 0 Å². The van der Waals surface area contributed by atoms with Gasteiger partial charge in [0.25, 0.3) is 0 Å². The van der Waals surface area contributed by atoms with Crippen LogP contribution in [0.4, 0.5) is 0 Å². The molecule has 17 heavy (non-hydrogen) atoms. The van der Waals surface area contributed by atoms with Crippen LogP contribution in [0.25, 0.3) is 0 Å². The highest BCUT2D eigenvalue weighted by Crippen LogP contribution is 2.47. The summed E-state index contributed by atoms with van der Waals surface area (Å²) < 4.78 is 5.85. The van der Waals surface area contributed by atoms with E-state index in [2.05, 4.69) is 39.8 Å². The lowest BCUT2D eigenvalue weighted by Gasteiger charge is -2.19. The Hall–Kier alpha value is -0.340. The van der Waals surface area contributed by atoms with E-state index < -0.39 is 0 Å². The molecule has 4 atom stereocenters. The Morgan fingerprint density at radius 1 is 1.29 bits per heavy atom. The fourth-order valence-corrected chi connectivity index (χ4v) is 2.79. The summed E-state index contributed by atoms with van der Waals surface area (Å²) in [6.07, 6.45) is 8.63. The van der Waals surface area contributed by atoms with Crippen molar-refractivity contribution in [3.8, 4) is 0 Å². The van der Waals surface area contributed by atoms with E-state index in [1.807, 2.05) is 0 Å². The van der Waals surface area contributed by atoms with Gasteiger partial charge in [-0.15, -0.1) is 0 Å². The lowest BCUT2D eigenvalue weighted by atomic mass is 9.84. The Balaban J connectivity index is 2.09. The molecular weight excluding hydrogens is 212 g/mol. The van der Waals surface area contributed by atoms with Crippen LogP contribution >= 0.6 is 0 Å². The van der Waals surface area contributed by atoms with Gasteiger partial charge in [-0.1, -0.05) is 32.9 Å². The fourth-order valence-electron chi connectivity index (χ4n) is 2.79. The number of aliphatic hydroxyl groups is 1. The average molecular weight is 238 g/mol. The first-order valence-electron chi connectivity index (χ1n) is 6.86. The Morgan fingerprint density at radius 3 is 2.71 bits per heavy atom. The number of fused-ring (bicyclic) bond motifs is 1. The van der Waals surface area contributed by atoms with E-state index in [9.17, 15) is 5.11 Å². The van der Waals surface area contributed by atoms with Gasteiger partial charge in [-0.05, 0) is 43.9 Å². The second kappa shape index (κ2) is 4.40. The zero-order chi connectivity index (χ0) is 12.7. The van der Waals surface area contributed by atoms with Crippen LogP contribution in [-0.4, -0.2) is 22.9 Å². The maximum Gasteiger partial charge on any atom is 0.0921 e. The molecule has 1 aliphatic heterocycles. The summed E-state index contributed by atoms with van der Waals surface area (Å²) in [5.74, 6) is 0.348. The number of allylic oxidation sites excluding steroid dienone is 2. The predicted molar refractivity (Wildman–Crippen MR) is 69.8 cm³/mol. The zero-order valence-electron chi connectivity index (χ0n) is 11.6. The van der Waals surface area contributed by atoms with Crippen molar-refractivity contribution in [2.75, 3.05) is 0 Å². The number of ether oxygens (including phenoxy) is 1. The quantitative estimate of drug-likeness (QED) is 0.519. The van der Waals surface area contributed by atoms with E-state index in [1.54, 1.807) is 0 Å². The van der Waals surface area contributed by atoms with Gasteiger partial charge in [0.1, 0.15) is 0 Å². The molecule has 2 heteroatoms. The van der Waals surface area contributed by atoms with Crippen molar-refractivity contribution in [2.24, 2.45) is 11.3 Å². The molecule has 0 aromatic rings. The van der Waals surface area contributed by atoms with Crippen LogP contribution in [0.15, 0.2) is 12.2 Å². The highest BCUT2D eigenvalue weighted by Gasteiger charge is 2.53. The molecule has 0 aromatic heterocycles. The highest BCUT2D eigenvalue weighted by atomic mass is 16.6. The SMILES string of the molecule is CC1C/C=C/C(C)(C)CC2OC2(C)CCC1O. The Labute approximate surface area is 105 Å². The van der Waals surface area contributed by atoms with E-state index in [4.69, 9.17) is 4.74 Å². The van der Waals surface area contributed by atoms with Crippen molar-refractivity contribution in [3.63, 3.8) is 0 Å². The van der Waals surface area contributed by atoms with Crippen molar-refractivity contribution in [2.45, 2.75) is 71.2 Å². The van der Waals surface area contributed by atoms with E-state index in [-0.39, 0.29) is 17.1 Å². The van der Waals surface area contributed by atoms with Crippen LogP contribution < -0.4 is 0 Å². The van der Waals surface area contributed by atoms with Gasteiger partial charge in [0.05, 0.1) is 17.8 Å². The number of hydrogen-bond donors (Lipinski definition) is 1. The van der Waals surface area contributed by atoms with Crippen LogP contribution in [-0.2, 0) is 4.74 Å². The van der Waals surface area contributed by atoms with Crippen LogP contribution in [0.2, 0.25) is 0 Å². The minimum Gasteiger partial charge on any atom is -0.393 e. The summed E-state index contributed by atoms with van der Waals surface area (Å²) >= 11 is 0. The lowest BCUT2D eigenvalue weighted by Crippen LogP contribution is -2.21. The topological polar surface area (TPSA) is 32.8 Å². The van der Waals surface area contributed by atoms with Crippen LogP contribution in [0.5, 0.6) is 0 Å². The molecule has 0 amide bonds. The average Bonchev–Trinajstić information content (AvgIpc) is 2.83. The smallest absolute Gasteiger partial charge is 0.0921 e. The zero-order valence-corrected chi connectivity index (χ0v) is 11.6. The summed E-state index contributed by atoms with van der Waals surface area (Å²) in [6, 6.07) is 0.